The van der Waals surface area contributed by atoms with Crippen molar-refractivity contribution in [2.45, 2.75) is 31.6 Å². The highest BCUT2D eigenvalue weighted by molar-refractivity contribution is 7.89. The van der Waals surface area contributed by atoms with Crippen LogP contribution in [0.4, 0.5) is 0 Å². The van der Waals surface area contributed by atoms with Crippen molar-refractivity contribution in [3.8, 4) is 5.75 Å². The van der Waals surface area contributed by atoms with Crippen LogP contribution in [0.2, 0.25) is 0 Å². The van der Waals surface area contributed by atoms with Gasteiger partial charge in [-0.2, -0.15) is 4.31 Å². The van der Waals surface area contributed by atoms with Crippen molar-refractivity contribution in [2.24, 2.45) is 5.92 Å². The van der Waals surface area contributed by atoms with Crippen LogP contribution in [0.5, 0.6) is 5.75 Å². The number of piperidine rings is 1. The third kappa shape index (κ3) is 3.11. The third-order valence-corrected chi connectivity index (χ3v) is 6.04. The van der Waals surface area contributed by atoms with Crippen molar-refractivity contribution in [2.75, 3.05) is 20.2 Å². The Kier molecular flexibility index (Phi) is 4.68. The first kappa shape index (κ1) is 16.0. The lowest BCUT2D eigenvalue weighted by molar-refractivity contribution is -0.112. The molecule has 116 valence electrons. The van der Waals surface area contributed by atoms with Gasteiger partial charge in [0.25, 0.3) is 0 Å². The second-order valence-corrected chi connectivity index (χ2v) is 7.37. The highest BCUT2D eigenvalue weighted by atomic mass is 32.2. The largest absolute Gasteiger partial charge is 0.496 e. The Morgan fingerprint density at radius 2 is 1.81 bits per heavy atom. The molecule has 0 radical (unpaired) electrons. The van der Waals surface area contributed by atoms with Gasteiger partial charge < -0.3 is 9.53 Å². The van der Waals surface area contributed by atoms with Gasteiger partial charge in [-0.1, -0.05) is 0 Å². The van der Waals surface area contributed by atoms with Crippen molar-refractivity contribution in [3.63, 3.8) is 0 Å². The Labute approximate surface area is 126 Å². The Hall–Kier alpha value is -1.40. The molecule has 1 aliphatic rings. The summed E-state index contributed by atoms with van der Waals surface area (Å²) in [5.41, 5.74) is 1.47. The first-order valence-electron chi connectivity index (χ1n) is 7.01. The molecule has 1 saturated heterocycles. The number of aldehydes is 1. The summed E-state index contributed by atoms with van der Waals surface area (Å²) in [5, 5.41) is 0. The maximum atomic E-state index is 12.8. The molecule has 0 spiro atoms. The quantitative estimate of drug-likeness (QED) is 0.797. The second kappa shape index (κ2) is 6.15. The van der Waals surface area contributed by atoms with Gasteiger partial charge in [0, 0.05) is 19.0 Å². The minimum atomic E-state index is -3.51. The van der Waals surface area contributed by atoms with Crippen LogP contribution >= 0.6 is 0 Å². The molecule has 0 saturated carbocycles. The molecular formula is C15H21NO4S. The van der Waals surface area contributed by atoms with E-state index in [-0.39, 0.29) is 5.92 Å². The Bertz CT molecular complexity index is 631. The molecular weight excluding hydrogens is 290 g/mol. The number of aryl methyl sites for hydroxylation is 2. The van der Waals surface area contributed by atoms with E-state index in [0.29, 0.717) is 42.1 Å². The van der Waals surface area contributed by atoms with Crippen LogP contribution in [-0.2, 0) is 14.8 Å². The topological polar surface area (TPSA) is 63.7 Å². The number of ether oxygens (including phenoxy) is 1. The number of nitrogens with zero attached hydrogens (tertiary/aromatic N) is 1. The van der Waals surface area contributed by atoms with Gasteiger partial charge in [-0.25, -0.2) is 8.42 Å². The summed E-state index contributed by atoms with van der Waals surface area (Å²) in [7, 11) is -1.94. The number of rotatable bonds is 4. The van der Waals surface area contributed by atoms with E-state index in [1.807, 2.05) is 6.92 Å². The van der Waals surface area contributed by atoms with Crippen molar-refractivity contribution >= 4 is 16.3 Å². The summed E-state index contributed by atoms with van der Waals surface area (Å²) in [6.07, 6.45) is 2.11. The Balaban J connectivity index is 2.32. The summed E-state index contributed by atoms with van der Waals surface area (Å²) in [5.74, 6) is 0.668. The predicted octanol–water partition coefficient (Wildman–Crippen LogP) is 1.91. The van der Waals surface area contributed by atoms with E-state index < -0.39 is 10.0 Å². The molecule has 0 bridgehead atoms. The summed E-state index contributed by atoms with van der Waals surface area (Å²) in [4.78, 5) is 11.1. The lowest BCUT2D eigenvalue weighted by atomic mass is 10.0. The fraction of sp³-hybridized carbons (Fsp3) is 0.533. The Morgan fingerprint density at radius 1 is 1.19 bits per heavy atom. The number of hydrogen-bond donors (Lipinski definition) is 0. The smallest absolute Gasteiger partial charge is 0.243 e. The minimum Gasteiger partial charge on any atom is -0.496 e. The van der Waals surface area contributed by atoms with Crippen LogP contribution in [0, 0.1) is 19.8 Å². The number of sulfonamides is 1. The van der Waals surface area contributed by atoms with Gasteiger partial charge in [0.05, 0.1) is 12.0 Å². The summed E-state index contributed by atoms with van der Waals surface area (Å²) in [6.45, 7) is 4.40. The van der Waals surface area contributed by atoms with Crippen molar-refractivity contribution in [1.82, 2.24) is 4.31 Å². The number of benzene rings is 1. The molecule has 2 rings (SSSR count). The molecule has 6 heteroatoms. The number of hydrogen-bond acceptors (Lipinski definition) is 4. The van der Waals surface area contributed by atoms with Crippen molar-refractivity contribution < 1.29 is 17.9 Å². The van der Waals surface area contributed by atoms with Crippen LogP contribution in [0.3, 0.4) is 0 Å². The fourth-order valence-corrected chi connectivity index (χ4v) is 4.41. The zero-order valence-electron chi connectivity index (χ0n) is 12.6. The Morgan fingerprint density at radius 3 is 2.33 bits per heavy atom. The highest BCUT2D eigenvalue weighted by Crippen LogP contribution is 2.29. The highest BCUT2D eigenvalue weighted by Gasteiger charge is 2.30. The number of carbonyl (C=O) groups excluding carboxylic acids is 1. The molecule has 1 aromatic carbocycles. The molecule has 0 aliphatic carbocycles. The number of methoxy groups -OCH3 is 1. The van der Waals surface area contributed by atoms with Crippen LogP contribution in [-0.4, -0.2) is 39.2 Å². The molecule has 0 amide bonds. The summed E-state index contributed by atoms with van der Waals surface area (Å²) < 4.78 is 32.2. The van der Waals surface area contributed by atoms with Crippen LogP contribution in [0.15, 0.2) is 17.0 Å². The molecule has 0 unspecified atom stereocenters. The number of carbonyl (C=O) groups is 1. The van der Waals surface area contributed by atoms with E-state index in [1.165, 1.54) is 4.31 Å². The predicted molar refractivity (Wildman–Crippen MR) is 80.0 cm³/mol. The zero-order valence-corrected chi connectivity index (χ0v) is 13.4. The van der Waals surface area contributed by atoms with Crippen molar-refractivity contribution in [3.05, 3.63) is 23.3 Å². The van der Waals surface area contributed by atoms with E-state index >= 15 is 0 Å². The molecule has 5 nitrogen and oxygen atoms in total. The van der Waals surface area contributed by atoms with E-state index in [0.717, 1.165) is 11.8 Å². The van der Waals surface area contributed by atoms with E-state index in [9.17, 15) is 13.2 Å². The molecule has 0 aromatic heterocycles. The monoisotopic (exact) mass is 311 g/mol. The van der Waals surface area contributed by atoms with Crippen LogP contribution in [0.1, 0.15) is 24.0 Å². The van der Waals surface area contributed by atoms with E-state index in [4.69, 9.17) is 4.74 Å². The lowest BCUT2D eigenvalue weighted by Crippen LogP contribution is -2.39. The van der Waals surface area contributed by atoms with Gasteiger partial charge in [0.15, 0.2) is 0 Å². The summed E-state index contributed by atoms with van der Waals surface area (Å²) in [6, 6.07) is 3.41. The maximum Gasteiger partial charge on any atom is 0.243 e. The van der Waals surface area contributed by atoms with E-state index in [1.54, 1.807) is 26.2 Å². The SMILES string of the molecule is COc1cc(C)c(S(=O)(=O)N2CCC(C=O)CC2)cc1C. The molecule has 0 atom stereocenters. The normalized spacial score (nSPS) is 17.7. The minimum absolute atomic E-state index is 0.0184. The molecule has 21 heavy (non-hydrogen) atoms. The first-order valence-corrected chi connectivity index (χ1v) is 8.45. The summed E-state index contributed by atoms with van der Waals surface area (Å²) >= 11 is 0. The zero-order chi connectivity index (χ0) is 15.6. The van der Waals surface area contributed by atoms with Crippen LogP contribution < -0.4 is 4.74 Å². The molecule has 0 N–H and O–H groups in total. The molecule has 1 aliphatic heterocycles. The van der Waals surface area contributed by atoms with Gasteiger partial charge in [-0.3, -0.25) is 0 Å². The van der Waals surface area contributed by atoms with Gasteiger partial charge in [-0.15, -0.1) is 0 Å². The van der Waals surface area contributed by atoms with Gasteiger partial charge in [-0.05, 0) is 49.9 Å². The fourth-order valence-electron chi connectivity index (χ4n) is 2.65. The van der Waals surface area contributed by atoms with Gasteiger partial charge >= 0.3 is 0 Å². The van der Waals surface area contributed by atoms with Gasteiger partial charge in [0.2, 0.25) is 10.0 Å². The first-order chi connectivity index (χ1) is 9.90. The standard InChI is InChI=1S/C15H21NO4S/c1-11-9-15(12(2)8-14(11)20-3)21(18,19)16-6-4-13(10-17)5-7-16/h8-10,13H,4-7H2,1-3H3. The second-order valence-electron chi connectivity index (χ2n) is 5.46. The van der Waals surface area contributed by atoms with Gasteiger partial charge in [0.1, 0.15) is 12.0 Å². The maximum absolute atomic E-state index is 12.8. The lowest BCUT2D eigenvalue weighted by Gasteiger charge is -2.29. The average molecular weight is 311 g/mol. The third-order valence-electron chi connectivity index (χ3n) is 4.00. The molecule has 1 heterocycles. The molecule has 1 fully saturated rings. The molecule has 1 aromatic rings. The van der Waals surface area contributed by atoms with Crippen molar-refractivity contribution in [1.29, 1.82) is 0 Å². The van der Waals surface area contributed by atoms with Crippen LogP contribution in [0.25, 0.3) is 0 Å². The average Bonchev–Trinajstić information content (AvgIpc) is 2.49. The van der Waals surface area contributed by atoms with E-state index in [2.05, 4.69) is 0 Å².